The lowest BCUT2D eigenvalue weighted by Gasteiger charge is -2.27. The van der Waals surface area contributed by atoms with Crippen LogP contribution in [0.2, 0.25) is 0 Å². The lowest BCUT2D eigenvalue weighted by atomic mass is 9.98. The highest BCUT2D eigenvalue weighted by Gasteiger charge is 2.30. The molecule has 0 fully saturated rings. The first-order valence-electron chi connectivity index (χ1n) is 6.77. The fraction of sp³-hybridized carbons (Fsp3) is 0.643. The van der Waals surface area contributed by atoms with Crippen LogP contribution in [-0.2, 0) is 9.53 Å². The molecular formula is C14H23N3O3. The quantitative estimate of drug-likeness (QED) is 0.807. The molecule has 0 aliphatic rings. The summed E-state index contributed by atoms with van der Waals surface area (Å²) in [5.41, 5.74) is -0.261. The maximum atomic E-state index is 12.2. The highest BCUT2D eigenvalue weighted by molar-refractivity contribution is 5.95. The van der Waals surface area contributed by atoms with E-state index in [0.29, 0.717) is 5.69 Å². The summed E-state index contributed by atoms with van der Waals surface area (Å²) < 4.78 is 5.36. The van der Waals surface area contributed by atoms with Crippen molar-refractivity contribution in [2.75, 3.05) is 0 Å². The van der Waals surface area contributed by atoms with E-state index in [1.165, 1.54) is 6.20 Å². The predicted octanol–water partition coefficient (Wildman–Crippen LogP) is 1.90. The molecule has 6 heteroatoms. The standard InChI is InChI=1S/C14H23N3O3/c1-6-9(2)11(13(19)20-14(3,4)5)16-12(18)10-7-8-15-17-10/h7-9,11H,6H2,1-5H3,(H,15,17)(H,16,18)/t9-,11-/m0/s1. The molecule has 1 aromatic rings. The Kier molecular flexibility index (Phi) is 5.30. The third kappa shape index (κ3) is 4.68. The number of nitrogens with zero attached hydrogens (tertiary/aromatic N) is 1. The van der Waals surface area contributed by atoms with Gasteiger partial charge in [0.1, 0.15) is 17.3 Å². The third-order valence-electron chi connectivity index (χ3n) is 2.91. The summed E-state index contributed by atoms with van der Waals surface area (Å²) in [7, 11) is 0. The maximum Gasteiger partial charge on any atom is 0.329 e. The van der Waals surface area contributed by atoms with E-state index in [1.54, 1.807) is 26.8 Å². The molecular weight excluding hydrogens is 258 g/mol. The second kappa shape index (κ2) is 6.54. The van der Waals surface area contributed by atoms with E-state index in [2.05, 4.69) is 15.5 Å². The number of hydrogen-bond donors (Lipinski definition) is 2. The first-order valence-corrected chi connectivity index (χ1v) is 6.77. The van der Waals surface area contributed by atoms with Crippen LogP contribution in [-0.4, -0.2) is 33.7 Å². The van der Waals surface area contributed by atoms with Crippen LogP contribution in [0, 0.1) is 5.92 Å². The van der Waals surface area contributed by atoms with Gasteiger partial charge in [0, 0.05) is 6.20 Å². The Morgan fingerprint density at radius 1 is 1.45 bits per heavy atom. The van der Waals surface area contributed by atoms with Crippen LogP contribution in [0.3, 0.4) is 0 Å². The molecule has 1 aromatic heterocycles. The number of H-pyrrole nitrogens is 1. The van der Waals surface area contributed by atoms with Crippen LogP contribution in [0.5, 0.6) is 0 Å². The van der Waals surface area contributed by atoms with Crippen LogP contribution >= 0.6 is 0 Å². The summed E-state index contributed by atoms with van der Waals surface area (Å²) in [6.45, 7) is 9.27. The summed E-state index contributed by atoms with van der Waals surface area (Å²) in [6.07, 6.45) is 2.24. The fourth-order valence-corrected chi connectivity index (χ4v) is 1.64. The van der Waals surface area contributed by atoms with Crippen molar-refractivity contribution in [1.82, 2.24) is 15.5 Å². The molecule has 1 amide bonds. The number of ether oxygens (including phenoxy) is 1. The van der Waals surface area contributed by atoms with Gasteiger partial charge in [0.2, 0.25) is 0 Å². The van der Waals surface area contributed by atoms with Crippen molar-refractivity contribution in [3.05, 3.63) is 18.0 Å². The van der Waals surface area contributed by atoms with Gasteiger partial charge < -0.3 is 10.1 Å². The molecule has 1 rings (SSSR count). The molecule has 0 bridgehead atoms. The fourth-order valence-electron chi connectivity index (χ4n) is 1.64. The van der Waals surface area contributed by atoms with Crippen LogP contribution in [0.25, 0.3) is 0 Å². The zero-order valence-corrected chi connectivity index (χ0v) is 12.7. The zero-order valence-electron chi connectivity index (χ0n) is 12.7. The lowest BCUT2D eigenvalue weighted by molar-refractivity contribution is -0.158. The molecule has 0 spiro atoms. The molecule has 0 aliphatic heterocycles. The van der Waals surface area contributed by atoms with Gasteiger partial charge in [0.05, 0.1) is 0 Å². The van der Waals surface area contributed by atoms with E-state index in [1.807, 2.05) is 13.8 Å². The summed E-state index contributed by atoms with van der Waals surface area (Å²) in [5, 5.41) is 9.00. The minimum absolute atomic E-state index is 0.0169. The number of esters is 1. The van der Waals surface area contributed by atoms with Crippen molar-refractivity contribution >= 4 is 11.9 Å². The van der Waals surface area contributed by atoms with Gasteiger partial charge in [-0.25, -0.2) is 4.79 Å². The van der Waals surface area contributed by atoms with E-state index in [4.69, 9.17) is 4.74 Å². The molecule has 112 valence electrons. The summed E-state index contributed by atoms with van der Waals surface area (Å²) >= 11 is 0. The number of aromatic nitrogens is 2. The zero-order chi connectivity index (χ0) is 15.3. The number of amides is 1. The molecule has 0 aliphatic carbocycles. The van der Waals surface area contributed by atoms with E-state index in [9.17, 15) is 9.59 Å². The monoisotopic (exact) mass is 281 g/mol. The smallest absolute Gasteiger partial charge is 0.329 e. The van der Waals surface area contributed by atoms with Crippen LogP contribution in [0.15, 0.2) is 12.3 Å². The molecule has 2 atom stereocenters. The lowest BCUT2D eigenvalue weighted by Crippen LogP contribution is -2.47. The molecule has 20 heavy (non-hydrogen) atoms. The summed E-state index contributed by atoms with van der Waals surface area (Å²) in [4.78, 5) is 24.2. The van der Waals surface area contributed by atoms with Crippen molar-refractivity contribution in [3.63, 3.8) is 0 Å². The average Bonchev–Trinajstić information content (AvgIpc) is 2.86. The van der Waals surface area contributed by atoms with Crippen molar-refractivity contribution in [2.45, 2.75) is 52.7 Å². The Balaban J connectivity index is 2.79. The number of aromatic amines is 1. The molecule has 0 saturated carbocycles. The second-order valence-corrected chi connectivity index (χ2v) is 5.84. The summed E-state index contributed by atoms with van der Waals surface area (Å²) in [6, 6.07) is 0.882. The molecule has 6 nitrogen and oxygen atoms in total. The minimum atomic E-state index is -0.671. The van der Waals surface area contributed by atoms with E-state index < -0.39 is 17.6 Å². The first kappa shape index (κ1) is 16.2. The van der Waals surface area contributed by atoms with E-state index >= 15 is 0 Å². The molecule has 0 saturated heterocycles. The number of carbonyl (C=O) groups excluding carboxylic acids is 2. The van der Waals surface area contributed by atoms with Crippen molar-refractivity contribution in [3.8, 4) is 0 Å². The maximum absolute atomic E-state index is 12.2. The van der Waals surface area contributed by atoms with Crippen molar-refractivity contribution in [2.24, 2.45) is 5.92 Å². The van der Waals surface area contributed by atoms with Gasteiger partial charge in [-0.15, -0.1) is 0 Å². The van der Waals surface area contributed by atoms with Gasteiger partial charge in [-0.1, -0.05) is 20.3 Å². The Bertz CT molecular complexity index is 449. The Hall–Kier alpha value is -1.85. The Morgan fingerprint density at radius 3 is 2.55 bits per heavy atom. The van der Waals surface area contributed by atoms with Crippen molar-refractivity contribution < 1.29 is 14.3 Å². The van der Waals surface area contributed by atoms with Gasteiger partial charge in [-0.05, 0) is 32.8 Å². The average molecular weight is 281 g/mol. The Labute approximate surface area is 119 Å². The highest BCUT2D eigenvalue weighted by Crippen LogP contribution is 2.15. The largest absolute Gasteiger partial charge is 0.458 e. The van der Waals surface area contributed by atoms with Gasteiger partial charge in [0.25, 0.3) is 5.91 Å². The number of hydrogen-bond acceptors (Lipinski definition) is 4. The predicted molar refractivity (Wildman–Crippen MR) is 75.1 cm³/mol. The first-order chi connectivity index (χ1) is 9.24. The SMILES string of the molecule is CC[C@H](C)[C@H](NC(=O)c1ccn[nH]1)C(=O)OC(C)(C)C. The van der Waals surface area contributed by atoms with Gasteiger partial charge in [-0.2, -0.15) is 5.10 Å². The van der Waals surface area contributed by atoms with Gasteiger partial charge in [0.15, 0.2) is 0 Å². The molecule has 1 heterocycles. The van der Waals surface area contributed by atoms with Gasteiger partial charge >= 0.3 is 5.97 Å². The normalized spacial score (nSPS) is 14.4. The molecule has 0 radical (unpaired) electrons. The number of rotatable bonds is 5. The van der Waals surface area contributed by atoms with Gasteiger partial charge in [-0.3, -0.25) is 9.89 Å². The van der Waals surface area contributed by atoms with E-state index in [-0.39, 0.29) is 11.8 Å². The van der Waals surface area contributed by atoms with Crippen LogP contribution < -0.4 is 5.32 Å². The topological polar surface area (TPSA) is 84.1 Å². The number of nitrogens with one attached hydrogen (secondary N) is 2. The van der Waals surface area contributed by atoms with Crippen LogP contribution in [0.1, 0.15) is 51.5 Å². The highest BCUT2D eigenvalue weighted by atomic mass is 16.6. The second-order valence-electron chi connectivity index (χ2n) is 5.84. The third-order valence-corrected chi connectivity index (χ3v) is 2.91. The van der Waals surface area contributed by atoms with E-state index in [0.717, 1.165) is 6.42 Å². The van der Waals surface area contributed by atoms with Crippen LogP contribution in [0.4, 0.5) is 0 Å². The molecule has 0 aromatic carbocycles. The summed E-state index contributed by atoms with van der Waals surface area (Å²) in [5.74, 6) is -0.796. The minimum Gasteiger partial charge on any atom is -0.458 e. The number of carbonyl (C=O) groups is 2. The molecule has 0 unspecified atom stereocenters. The van der Waals surface area contributed by atoms with Crippen molar-refractivity contribution in [1.29, 1.82) is 0 Å². The molecule has 2 N–H and O–H groups in total. The Morgan fingerprint density at radius 2 is 2.10 bits per heavy atom.